The van der Waals surface area contributed by atoms with Crippen molar-refractivity contribution in [2.45, 2.75) is 51.9 Å². The van der Waals surface area contributed by atoms with Crippen LogP contribution in [0.2, 0.25) is 0 Å². The largest absolute Gasteiger partial charge is 0.478 e. The summed E-state index contributed by atoms with van der Waals surface area (Å²) in [6, 6.07) is 12.7. The molecule has 5 unspecified atom stereocenters. The Labute approximate surface area is 188 Å². The van der Waals surface area contributed by atoms with Crippen LogP contribution in [0.1, 0.15) is 89.3 Å². The van der Waals surface area contributed by atoms with E-state index in [-0.39, 0.29) is 11.1 Å². The summed E-state index contributed by atoms with van der Waals surface area (Å²) in [5.41, 5.74) is 3.23. The highest BCUT2D eigenvalue weighted by atomic mass is 16.4. The Kier molecular flexibility index (Phi) is 4.71. The van der Waals surface area contributed by atoms with Crippen molar-refractivity contribution >= 4 is 11.9 Å². The van der Waals surface area contributed by atoms with Crippen LogP contribution in [0.3, 0.4) is 0 Å². The van der Waals surface area contributed by atoms with Gasteiger partial charge in [-0.05, 0) is 96.6 Å². The molecule has 4 fully saturated rings. The Bertz CT molecular complexity index is 1170. The van der Waals surface area contributed by atoms with E-state index in [1.165, 1.54) is 49.8 Å². The van der Waals surface area contributed by atoms with Gasteiger partial charge in [0.15, 0.2) is 0 Å². The van der Waals surface area contributed by atoms with Gasteiger partial charge in [-0.25, -0.2) is 9.59 Å². The molecule has 0 amide bonds. The van der Waals surface area contributed by atoms with Crippen molar-refractivity contribution in [1.29, 1.82) is 0 Å². The molecule has 2 aromatic rings. The third kappa shape index (κ3) is 3.50. The van der Waals surface area contributed by atoms with Crippen LogP contribution in [0.5, 0.6) is 0 Å². The van der Waals surface area contributed by atoms with Gasteiger partial charge in [0.2, 0.25) is 0 Å². The monoisotopic (exact) mass is 428 g/mol. The molecule has 0 saturated heterocycles. The van der Waals surface area contributed by atoms with Crippen LogP contribution < -0.4 is 0 Å². The summed E-state index contributed by atoms with van der Waals surface area (Å²) in [7, 11) is 0. The van der Waals surface area contributed by atoms with Crippen molar-refractivity contribution in [3.05, 3.63) is 70.3 Å². The molecular formula is C28H28O4. The number of carboxylic acids is 2. The summed E-state index contributed by atoms with van der Waals surface area (Å²) in [5, 5.41) is 18.4. The minimum Gasteiger partial charge on any atom is -0.478 e. The van der Waals surface area contributed by atoms with Crippen LogP contribution >= 0.6 is 0 Å². The molecule has 4 heteroatoms. The van der Waals surface area contributed by atoms with Crippen molar-refractivity contribution in [2.75, 3.05) is 0 Å². The molecule has 0 aromatic heterocycles. The summed E-state index contributed by atoms with van der Waals surface area (Å²) in [6.07, 6.45) is 6.82. The lowest BCUT2D eigenvalue weighted by molar-refractivity contribution is -0.111. The zero-order chi connectivity index (χ0) is 22.7. The number of hydrogen-bond donors (Lipinski definition) is 2. The predicted octanol–water partition coefficient (Wildman–Crippen LogP) is 5.80. The standard InChI is InChI=1S/C28H28O4/c1-27-13-19-11-21(15-27)24(28(2,14-19)16-27)20-8-5-17(6-9-20)3-4-18-7-10-22(25(29)30)23(12-18)26(31)32/h5-10,12,19,21,24H,11,13-16H2,1-2H3,(H,29,30)(H,31,32). The normalized spacial score (nSPS) is 32.2. The average Bonchev–Trinajstić information content (AvgIpc) is 2.70. The van der Waals surface area contributed by atoms with E-state index in [1.54, 1.807) is 6.07 Å². The third-order valence-corrected chi connectivity index (χ3v) is 8.08. The topological polar surface area (TPSA) is 74.6 Å². The molecule has 4 bridgehead atoms. The molecule has 4 aliphatic rings. The molecule has 4 aliphatic carbocycles. The molecule has 2 aromatic carbocycles. The fourth-order valence-electron chi connectivity index (χ4n) is 7.65. The Hall–Kier alpha value is -3.06. The molecule has 0 spiro atoms. The summed E-state index contributed by atoms with van der Waals surface area (Å²) >= 11 is 0. The summed E-state index contributed by atoms with van der Waals surface area (Å²) in [5.74, 6) is 5.85. The van der Waals surface area contributed by atoms with E-state index in [9.17, 15) is 14.7 Å². The average molecular weight is 429 g/mol. The zero-order valence-electron chi connectivity index (χ0n) is 18.5. The molecule has 0 radical (unpaired) electrons. The predicted molar refractivity (Wildman–Crippen MR) is 122 cm³/mol. The third-order valence-electron chi connectivity index (χ3n) is 8.08. The van der Waals surface area contributed by atoms with Crippen molar-refractivity contribution in [1.82, 2.24) is 0 Å². The van der Waals surface area contributed by atoms with Gasteiger partial charge in [-0.15, -0.1) is 0 Å². The van der Waals surface area contributed by atoms with E-state index in [1.807, 2.05) is 0 Å². The van der Waals surface area contributed by atoms with E-state index in [0.717, 1.165) is 17.4 Å². The van der Waals surface area contributed by atoms with Gasteiger partial charge in [0.25, 0.3) is 0 Å². The number of carboxylic acid groups (broad SMARTS) is 2. The van der Waals surface area contributed by atoms with Crippen molar-refractivity contribution in [3.8, 4) is 11.8 Å². The van der Waals surface area contributed by atoms with E-state index >= 15 is 0 Å². The Morgan fingerprint density at radius 2 is 1.53 bits per heavy atom. The molecule has 32 heavy (non-hydrogen) atoms. The second kappa shape index (κ2) is 7.24. The quantitative estimate of drug-likeness (QED) is 0.606. The Balaban J connectivity index is 1.38. The van der Waals surface area contributed by atoms with Gasteiger partial charge in [-0.1, -0.05) is 37.8 Å². The van der Waals surface area contributed by atoms with Crippen molar-refractivity contribution < 1.29 is 19.8 Å². The molecule has 2 N–H and O–H groups in total. The fourth-order valence-corrected chi connectivity index (χ4v) is 7.65. The summed E-state index contributed by atoms with van der Waals surface area (Å²) in [6.45, 7) is 5.00. The molecule has 0 heterocycles. The van der Waals surface area contributed by atoms with Crippen LogP contribution in [-0.4, -0.2) is 22.2 Å². The Morgan fingerprint density at radius 1 is 0.875 bits per heavy atom. The molecule has 6 rings (SSSR count). The maximum absolute atomic E-state index is 11.4. The van der Waals surface area contributed by atoms with Crippen molar-refractivity contribution in [3.63, 3.8) is 0 Å². The van der Waals surface area contributed by atoms with Gasteiger partial charge >= 0.3 is 11.9 Å². The maximum atomic E-state index is 11.4. The van der Waals surface area contributed by atoms with E-state index in [0.29, 0.717) is 22.3 Å². The first-order chi connectivity index (χ1) is 15.2. The van der Waals surface area contributed by atoms with Crippen molar-refractivity contribution in [2.24, 2.45) is 22.7 Å². The number of rotatable bonds is 3. The van der Waals surface area contributed by atoms with Gasteiger partial charge in [-0.2, -0.15) is 0 Å². The van der Waals surface area contributed by atoms with E-state index < -0.39 is 11.9 Å². The Morgan fingerprint density at radius 3 is 2.16 bits per heavy atom. The lowest BCUT2D eigenvalue weighted by Crippen LogP contribution is -2.53. The number of aromatic carboxylic acids is 2. The van der Waals surface area contributed by atoms with Crippen LogP contribution in [-0.2, 0) is 0 Å². The van der Waals surface area contributed by atoms with Gasteiger partial charge in [-0.3, -0.25) is 0 Å². The lowest BCUT2D eigenvalue weighted by atomic mass is 9.40. The summed E-state index contributed by atoms with van der Waals surface area (Å²) in [4.78, 5) is 22.6. The number of benzene rings is 2. The highest BCUT2D eigenvalue weighted by molar-refractivity contribution is 6.01. The van der Waals surface area contributed by atoms with Gasteiger partial charge < -0.3 is 10.2 Å². The van der Waals surface area contributed by atoms with Gasteiger partial charge in [0.1, 0.15) is 0 Å². The molecule has 4 saturated carbocycles. The van der Waals surface area contributed by atoms with Crippen LogP contribution in [0, 0.1) is 34.5 Å². The fraction of sp³-hybridized carbons (Fsp3) is 0.429. The highest BCUT2D eigenvalue weighted by Gasteiger charge is 2.58. The number of carbonyl (C=O) groups is 2. The first-order valence-electron chi connectivity index (χ1n) is 11.4. The van der Waals surface area contributed by atoms with E-state index in [4.69, 9.17) is 5.11 Å². The van der Waals surface area contributed by atoms with Crippen LogP contribution in [0.15, 0.2) is 42.5 Å². The molecule has 4 nitrogen and oxygen atoms in total. The van der Waals surface area contributed by atoms with Gasteiger partial charge in [0, 0.05) is 11.1 Å². The second-order valence-corrected chi connectivity index (χ2v) is 10.8. The maximum Gasteiger partial charge on any atom is 0.336 e. The zero-order valence-corrected chi connectivity index (χ0v) is 18.5. The van der Waals surface area contributed by atoms with Crippen LogP contribution in [0.4, 0.5) is 0 Å². The number of hydrogen-bond acceptors (Lipinski definition) is 2. The molecule has 0 aliphatic heterocycles. The minimum absolute atomic E-state index is 0.231. The SMILES string of the molecule is CC12CC3CC(C1)C(c1ccc(C#Cc4ccc(C(=O)O)c(C(=O)O)c4)cc1)C(C)(C3)C2. The summed E-state index contributed by atoms with van der Waals surface area (Å²) < 4.78 is 0. The molecule has 164 valence electrons. The second-order valence-electron chi connectivity index (χ2n) is 10.8. The highest BCUT2D eigenvalue weighted by Crippen LogP contribution is 2.69. The van der Waals surface area contributed by atoms with Crippen LogP contribution in [0.25, 0.3) is 0 Å². The smallest absolute Gasteiger partial charge is 0.336 e. The molecule has 5 atom stereocenters. The van der Waals surface area contributed by atoms with E-state index in [2.05, 4.69) is 50.0 Å². The van der Waals surface area contributed by atoms with Gasteiger partial charge in [0.05, 0.1) is 11.1 Å². The lowest BCUT2D eigenvalue weighted by Gasteiger charge is -2.64. The minimum atomic E-state index is -1.27. The first-order valence-corrected chi connectivity index (χ1v) is 11.4. The molecular weight excluding hydrogens is 400 g/mol. The first kappa shape index (κ1) is 20.8.